The number of hydrogen-bond donors (Lipinski definition) is 0. The summed E-state index contributed by atoms with van der Waals surface area (Å²) in [5.74, 6) is 0. The molecule has 0 bridgehead atoms. The molecular formula is C13H28ClSn. The molecule has 0 aliphatic rings. The van der Waals surface area contributed by atoms with Crippen LogP contribution in [0.4, 0.5) is 0 Å². The Morgan fingerprint density at radius 2 is 1.27 bits per heavy atom. The predicted molar refractivity (Wildman–Crippen MR) is 74.4 cm³/mol. The summed E-state index contributed by atoms with van der Waals surface area (Å²) in [6.45, 7) is 4.57. The first-order valence-corrected chi connectivity index (χ1v) is 13.3. The molecule has 2 heteroatoms. The summed E-state index contributed by atoms with van der Waals surface area (Å²) in [4.78, 5) is 0. The average molecular weight is 339 g/mol. The van der Waals surface area contributed by atoms with E-state index in [0.29, 0.717) is 0 Å². The van der Waals surface area contributed by atoms with Gasteiger partial charge in [-0.15, -0.1) is 0 Å². The van der Waals surface area contributed by atoms with Crippen LogP contribution in [0.2, 0.25) is 8.87 Å². The Bertz CT molecular complexity index is 117. The first kappa shape index (κ1) is 16.1. The van der Waals surface area contributed by atoms with Gasteiger partial charge in [-0.25, -0.2) is 0 Å². The zero-order valence-corrected chi connectivity index (χ0v) is 14.3. The number of rotatable bonds is 11. The minimum atomic E-state index is -1.07. The number of hydrogen-bond acceptors (Lipinski definition) is 0. The van der Waals surface area contributed by atoms with Crippen LogP contribution in [0.3, 0.4) is 0 Å². The monoisotopic (exact) mass is 339 g/mol. The molecule has 0 aliphatic carbocycles. The van der Waals surface area contributed by atoms with Gasteiger partial charge in [0.25, 0.3) is 0 Å². The van der Waals surface area contributed by atoms with Crippen LogP contribution in [0.25, 0.3) is 0 Å². The molecule has 0 aromatic heterocycles. The second-order valence-electron chi connectivity index (χ2n) is 4.50. The molecule has 0 nitrogen and oxygen atoms in total. The first-order valence-electron chi connectivity index (χ1n) is 6.74. The summed E-state index contributed by atoms with van der Waals surface area (Å²) in [5.41, 5.74) is 0. The summed E-state index contributed by atoms with van der Waals surface area (Å²) in [6.07, 6.45) is 11.4. The summed E-state index contributed by atoms with van der Waals surface area (Å²) >= 11 is 4.98. The molecule has 0 amide bonds. The summed E-state index contributed by atoms with van der Waals surface area (Å²) in [5, 5.41) is 0. The van der Waals surface area contributed by atoms with Gasteiger partial charge in [0.05, 0.1) is 0 Å². The van der Waals surface area contributed by atoms with Crippen LogP contribution in [-0.2, 0) is 0 Å². The fourth-order valence-corrected chi connectivity index (χ4v) is 9.69. The third-order valence-electron chi connectivity index (χ3n) is 2.96. The molecular weight excluding hydrogens is 310 g/mol. The third kappa shape index (κ3) is 11.4. The van der Waals surface area contributed by atoms with E-state index in [-0.39, 0.29) is 0 Å². The predicted octanol–water partition coefficient (Wildman–Crippen LogP) is 5.42. The van der Waals surface area contributed by atoms with E-state index >= 15 is 0 Å². The molecule has 0 N–H and O–H groups in total. The van der Waals surface area contributed by atoms with Crippen molar-refractivity contribution < 1.29 is 0 Å². The quantitative estimate of drug-likeness (QED) is 0.268. The maximum absolute atomic E-state index is 6.05. The molecule has 0 rings (SSSR count). The van der Waals surface area contributed by atoms with E-state index < -0.39 is 19.8 Å². The van der Waals surface area contributed by atoms with Gasteiger partial charge in [0.15, 0.2) is 0 Å². The van der Waals surface area contributed by atoms with Gasteiger partial charge in [0, 0.05) is 0 Å². The van der Waals surface area contributed by atoms with Gasteiger partial charge in [-0.1, -0.05) is 0 Å². The second-order valence-corrected chi connectivity index (χ2v) is 14.2. The van der Waals surface area contributed by atoms with Crippen LogP contribution < -0.4 is 0 Å². The van der Waals surface area contributed by atoms with Crippen LogP contribution >= 0.6 is 11.6 Å². The van der Waals surface area contributed by atoms with Crippen molar-refractivity contribution in [3.63, 3.8) is 0 Å². The zero-order chi connectivity index (χ0) is 11.4. The van der Waals surface area contributed by atoms with E-state index in [4.69, 9.17) is 11.6 Å². The van der Waals surface area contributed by atoms with E-state index in [1.807, 2.05) is 0 Å². The van der Waals surface area contributed by atoms with Gasteiger partial charge in [0.1, 0.15) is 0 Å². The van der Waals surface area contributed by atoms with Crippen molar-refractivity contribution in [3.05, 3.63) is 0 Å². The van der Waals surface area contributed by atoms with Crippen molar-refractivity contribution in [3.8, 4) is 0 Å². The molecule has 0 spiro atoms. The van der Waals surface area contributed by atoms with Crippen molar-refractivity contribution in [1.29, 1.82) is 0 Å². The van der Waals surface area contributed by atoms with E-state index in [2.05, 4.69) is 13.8 Å². The van der Waals surface area contributed by atoms with E-state index in [1.165, 1.54) is 55.8 Å². The first-order chi connectivity index (χ1) is 7.35. The van der Waals surface area contributed by atoms with Crippen LogP contribution in [0.15, 0.2) is 0 Å². The number of halogens is 1. The normalized spacial score (nSPS) is 11.2. The van der Waals surface area contributed by atoms with Crippen LogP contribution in [0.5, 0.6) is 0 Å². The average Bonchev–Trinajstić information content (AvgIpc) is 2.27. The van der Waals surface area contributed by atoms with E-state index in [1.54, 1.807) is 4.44 Å². The standard InChI is InChI=1S/C8H17.C4H9.CH2Cl.Sn/c1-3-5-7-8-6-4-2;1-3-4-2;1-2;/h1,3-8H2,2H3;1,3-4H2,2H3;1H2;. The van der Waals surface area contributed by atoms with Gasteiger partial charge in [-0.3, -0.25) is 0 Å². The molecule has 91 valence electrons. The van der Waals surface area contributed by atoms with E-state index in [9.17, 15) is 0 Å². The fraction of sp³-hybridized carbons (Fsp3) is 1.00. The molecule has 0 unspecified atom stereocenters. The maximum atomic E-state index is 6.05. The Hall–Kier alpha value is 1.09. The van der Waals surface area contributed by atoms with Crippen LogP contribution in [0.1, 0.15) is 65.2 Å². The van der Waals surface area contributed by atoms with Crippen molar-refractivity contribution in [1.82, 2.24) is 0 Å². The summed E-state index contributed by atoms with van der Waals surface area (Å²) < 4.78 is 4.16. The van der Waals surface area contributed by atoms with Gasteiger partial charge in [-0.05, 0) is 0 Å². The van der Waals surface area contributed by atoms with Crippen molar-refractivity contribution in [2.75, 3.05) is 3.90 Å². The molecule has 15 heavy (non-hydrogen) atoms. The molecule has 0 aliphatic heterocycles. The van der Waals surface area contributed by atoms with Crippen LogP contribution in [-0.4, -0.2) is 23.7 Å². The van der Waals surface area contributed by atoms with Crippen molar-refractivity contribution >= 4 is 31.4 Å². The minimum absolute atomic E-state index is 1.07. The van der Waals surface area contributed by atoms with Crippen molar-refractivity contribution in [2.24, 2.45) is 0 Å². The van der Waals surface area contributed by atoms with Crippen LogP contribution in [0, 0.1) is 0 Å². The Morgan fingerprint density at radius 1 is 0.733 bits per heavy atom. The molecule has 0 heterocycles. The Morgan fingerprint density at radius 3 is 1.87 bits per heavy atom. The third-order valence-corrected chi connectivity index (χ3v) is 12.6. The molecule has 1 radical (unpaired) electrons. The molecule has 0 atom stereocenters. The molecule has 0 saturated heterocycles. The topological polar surface area (TPSA) is 0 Å². The molecule has 0 saturated carbocycles. The second kappa shape index (κ2) is 13.2. The summed E-state index contributed by atoms with van der Waals surface area (Å²) in [7, 11) is 0. The van der Waals surface area contributed by atoms with Gasteiger partial charge in [0.2, 0.25) is 0 Å². The van der Waals surface area contributed by atoms with Gasteiger partial charge in [-0.2, -0.15) is 0 Å². The number of unbranched alkanes of at least 4 members (excludes halogenated alkanes) is 6. The molecule has 0 aromatic carbocycles. The zero-order valence-electron chi connectivity index (χ0n) is 10.7. The number of alkyl halides is 1. The Balaban J connectivity index is 3.22. The SMILES string of the molecule is CCCCCCC[CH2][Sn]([CH2]Cl)[CH2]CCC. The van der Waals surface area contributed by atoms with Gasteiger partial charge < -0.3 is 0 Å². The Labute approximate surface area is 109 Å². The molecule has 0 fully saturated rings. The van der Waals surface area contributed by atoms with E-state index in [0.717, 1.165) is 3.90 Å². The fourth-order valence-electron chi connectivity index (χ4n) is 1.84. The summed E-state index contributed by atoms with van der Waals surface area (Å²) in [6, 6.07) is 0. The van der Waals surface area contributed by atoms with Crippen molar-refractivity contribution in [2.45, 2.75) is 74.1 Å². The Kier molecular flexibility index (Phi) is 14.1. The molecule has 0 aromatic rings. The van der Waals surface area contributed by atoms with Gasteiger partial charge >= 0.3 is 109 Å².